The van der Waals surface area contributed by atoms with Gasteiger partial charge >= 0.3 is 15.0 Å². The Morgan fingerprint density at radius 1 is 0.357 bits per heavy atom. The monoisotopic (exact) mass is 829 g/mol. The smallest absolute Gasteiger partial charge is 0.189 e. The molecule has 11 nitrogen and oxygen atoms in total. The molecule has 11 rings (SSSR count). The first kappa shape index (κ1) is 34.3. The zero-order chi connectivity index (χ0) is 38.1. The second-order valence-electron chi connectivity index (χ2n) is 14.5. The van der Waals surface area contributed by atoms with Crippen LogP contribution < -0.4 is 0 Å². The van der Waals surface area contributed by atoms with Gasteiger partial charge in [-0.25, -0.2) is 0 Å². The van der Waals surface area contributed by atoms with Crippen molar-refractivity contribution in [1.29, 1.82) is 0 Å². The Labute approximate surface area is 332 Å². The molecule has 7 heterocycles. The van der Waals surface area contributed by atoms with Crippen molar-refractivity contribution in [2.24, 2.45) is 13.5 Å². The Morgan fingerprint density at radius 2 is 0.607 bits per heavy atom. The molecule has 0 saturated carbocycles. The minimum atomic E-state index is -3.51. The number of rotatable bonds is 4. The largest absolute Gasteiger partial charge is 0.314 e. The fourth-order valence-electron chi connectivity index (χ4n) is 7.44. The summed E-state index contributed by atoms with van der Waals surface area (Å²) in [6, 6.07) is 41.6. The Hall–Kier alpha value is -5.01. The number of aromatic nitrogens is 8. The van der Waals surface area contributed by atoms with Gasteiger partial charge in [0.1, 0.15) is 0 Å². The molecule has 0 amide bonds. The average molecular weight is 831 g/mol. The van der Waals surface area contributed by atoms with Crippen molar-refractivity contribution < 1.29 is 0 Å². The molecule has 0 N–H and O–H groups in total. The van der Waals surface area contributed by atoms with Gasteiger partial charge in [0, 0.05) is 22.3 Å². The second-order valence-corrected chi connectivity index (χ2v) is 24.5. The van der Waals surface area contributed by atoms with Crippen LogP contribution in [0.3, 0.4) is 0 Å². The van der Waals surface area contributed by atoms with Crippen molar-refractivity contribution >= 4 is 43.4 Å². The first-order chi connectivity index (χ1) is 27.0. The molecule has 4 aromatic heterocycles. The highest BCUT2D eigenvalue weighted by Crippen LogP contribution is 2.85. The van der Waals surface area contributed by atoms with E-state index in [9.17, 15) is 0 Å². The van der Waals surface area contributed by atoms with Gasteiger partial charge < -0.3 is 0 Å². The molecule has 8 aromatic rings. The SMILES string of the molecule is Cc1ccc(-c2cc3n(n2)P2(=NP(Cl)(Cl)=NP4(=N2)n2nc(-c5ccc(C)cc5)cc2-c2cc(-c5ccc(C)cc5)nn24)n2nc(-c4ccc(C)cc4)cc2-3)cc1. The minimum absolute atomic E-state index is 0.784. The van der Waals surface area contributed by atoms with E-state index < -0.39 is 20.9 Å². The molecule has 0 bridgehead atoms. The third kappa shape index (κ3) is 5.08. The number of hydrogen-bond donors (Lipinski definition) is 0. The summed E-state index contributed by atoms with van der Waals surface area (Å²) >= 11 is 14.8. The van der Waals surface area contributed by atoms with E-state index in [-0.39, 0.29) is 0 Å². The van der Waals surface area contributed by atoms with Gasteiger partial charge in [0.05, 0.1) is 45.6 Å². The van der Waals surface area contributed by atoms with E-state index in [4.69, 9.17) is 56.4 Å². The number of hydrogen-bond acceptors (Lipinski definition) is 7. The van der Waals surface area contributed by atoms with Crippen molar-refractivity contribution in [1.82, 2.24) is 38.2 Å². The Balaban J connectivity index is 1.22. The number of benzene rings is 4. The van der Waals surface area contributed by atoms with Crippen LogP contribution in [-0.4, -0.2) is 38.2 Å². The first-order valence-corrected chi connectivity index (χ1v) is 24.7. The highest BCUT2D eigenvalue weighted by molar-refractivity contribution is 8.13. The summed E-state index contributed by atoms with van der Waals surface area (Å²) in [5.41, 5.74) is 15.0. The van der Waals surface area contributed by atoms with Crippen LogP contribution in [0.25, 0.3) is 67.8 Å². The molecular formula is C40H32Cl2N11P3. The summed E-state index contributed by atoms with van der Waals surface area (Å²) < 4.78 is 24.0. The third-order valence-electron chi connectivity index (χ3n) is 10.4. The maximum atomic E-state index is 7.42. The van der Waals surface area contributed by atoms with Crippen molar-refractivity contribution in [3.8, 4) is 67.8 Å². The molecule has 0 saturated heterocycles. The first-order valence-electron chi connectivity index (χ1n) is 18.0. The summed E-state index contributed by atoms with van der Waals surface area (Å²) in [5.74, 6) is -3.51. The Bertz CT molecular complexity index is 2740. The van der Waals surface area contributed by atoms with Gasteiger partial charge in [0.2, 0.25) is 0 Å². The lowest BCUT2D eigenvalue weighted by Crippen LogP contribution is -2.08. The van der Waals surface area contributed by atoms with Crippen LogP contribution in [0.1, 0.15) is 22.3 Å². The van der Waals surface area contributed by atoms with Crippen LogP contribution >= 0.6 is 43.4 Å². The highest BCUT2D eigenvalue weighted by atomic mass is 35.9. The van der Waals surface area contributed by atoms with E-state index in [2.05, 4.69) is 149 Å². The van der Waals surface area contributed by atoms with Gasteiger partial charge in [-0.15, -0.1) is 0 Å². The van der Waals surface area contributed by atoms with Crippen LogP contribution in [-0.2, 0) is 0 Å². The fraction of sp³-hybridized carbons (Fsp3) is 0.100. The number of aryl methyl sites for hydroxylation is 4. The lowest BCUT2D eigenvalue weighted by atomic mass is 10.1. The molecule has 0 atom stereocenters. The van der Waals surface area contributed by atoms with Gasteiger partial charge in [-0.2, -0.15) is 51.8 Å². The number of halogens is 2. The minimum Gasteiger partial charge on any atom is -0.189 e. The summed E-state index contributed by atoms with van der Waals surface area (Å²) in [6.45, 7) is 8.29. The third-order valence-corrected chi connectivity index (χ3v) is 21.6. The van der Waals surface area contributed by atoms with Gasteiger partial charge in [-0.05, 0) is 74.4 Å². The van der Waals surface area contributed by atoms with Gasteiger partial charge in [0.25, 0.3) is 5.91 Å². The molecule has 276 valence electrons. The summed E-state index contributed by atoms with van der Waals surface area (Å²) in [6.07, 6.45) is 0. The van der Waals surface area contributed by atoms with E-state index in [1.807, 2.05) is 17.8 Å². The molecule has 3 aliphatic heterocycles. The maximum Gasteiger partial charge on any atom is 0.314 e. The van der Waals surface area contributed by atoms with Crippen LogP contribution in [0.15, 0.2) is 135 Å². The highest BCUT2D eigenvalue weighted by Gasteiger charge is 2.51. The van der Waals surface area contributed by atoms with Crippen molar-refractivity contribution in [2.75, 3.05) is 0 Å². The fourth-order valence-corrected chi connectivity index (χ4v) is 21.1. The molecular weight excluding hydrogens is 798 g/mol. The molecule has 16 heteroatoms. The van der Waals surface area contributed by atoms with Crippen molar-refractivity contribution in [3.63, 3.8) is 0 Å². The standard InChI is InChI=1S/C40H32Cl2N11P3/c1-25-5-13-29(14-6-25)33-21-37-38-22-34(30-15-7-26(2)8-16-30)44-51(38)55(50(37)43-33)47-54(41,42)48-56(49-55)52-39(23-35(45-52)31-17-9-27(3)10-18-31)40-24-36(46-53(40)56)32-19-11-28(4)12-20-32/h5-24H,1-4H3. The van der Waals surface area contributed by atoms with Gasteiger partial charge in [-0.3, -0.25) is 0 Å². The molecule has 0 unspecified atom stereocenters. The van der Waals surface area contributed by atoms with E-state index in [0.717, 1.165) is 90.1 Å². The zero-order valence-electron chi connectivity index (χ0n) is 30.6. The number of nitrogens with zero attached hydrogens (tertiary/aromatic N) is 11. The maximum absolute atomic E-state index is 7.42. The zero-order valence-corrected chi connectivity index (χ0v) is 34.8. The Morgan fingerprint density at radius 3 is 0.875 bits per heavy atom. The predicted octanol–water partition coefficient (Wildman–Crippen LogP) is 13.2. The Kier molecular flexibility index (Phi) is 7.34. The van der Waals surface area contributed by atoms with E-state index in [1.165, 1.54) is 0 Å². The van der Waals surface area contributed by atoms with Crippen LogP contribution in [0.4, 0.5) is 0 Å². The summed E-state index contributed by atoms with van der Waals surface area (Å²) in [5, 5.41) is 21.0. The average Bonchev–Trinajstić information content (AvgIpc) is 4.02. The predicted molar refractivity (Wildman–Crippen MR) is 229 cm³/mol. The number of fused-ring (bicyclic) bond motifs is 10. The molecule has 2 spiro atoms. The van der Waals surface area contributed by atoms with E-state index in [0.29, 0.717) is 0 Å². The lowest BCUT2D eigenvalue weighted by Gasteiger charge is -2.28. The molecule has 4 aromatic carbocycles. The normalized spacial score (nSPS) is 16.2. The van der Waals surface area contributed by atoms with E-state index in [1.54, 1.807) is 0 Å². The van der Waals surface area contributed by atoms with Crippen LogP contribution in [0, 0.1) is 27.7 Å². The van der Waals surface area contributed by atoms with Crippen LogP contribution in [0.5, 0.6) is 0 Å². The van der Waals surface area contributed by atoms with Crippen molar-refractivity contribution in [3.05, 3.63) is 144 Å². The van der Waals surface area contributed by atoms with Crippen molar-refractivity contribution in [2.45, 2.75) is 27.7 Å². The molecule has 0 aliphatic carbocycles. The van der Waals surface area contributed by atoms with Gasteiger partial charge in [0.15, 0.2) is 0 Å². The summed E-state index contributed by atoms with van der Waals surface area (Å²) in [4.78, 5) is 0. The lowest BCUT2D eigenvalue weighted by molar-refractivity contribution is 0.926. The second kappa shape index (κ2) is 12.0. The van der Waals surface area contributed by atoms with Crippen LogP contribution in [0.2, 0.25) is 0 Å². The molecule has 56 heavy (non-hydrogen) atoms. The van der Waals surface area contributed by atoms with Gasteiger partial charge in [-0.1, -0.05) is 119 Å². The summed E-state index contributed by atoms with van der Waals surface area (Å²) in [7, 11) is -6.89. The molecule has 0 fully saturated rings. The molecule has 3 aliphatic rings. The molecule has 0 radical (unpaired) electrons. The quantitative estimate of drug-likeness (QED) is 0.165. The van der Waals surface area contributed by atoms with E-state index >= 15 is 0 Å². The topological polar surface area (TPSA) is 108 Å².